The van der Waals surface area contributed by atoms with Crippen molar-refractivity contribution in [3.63, 3.8) is 0 Å². The molecule has 2 unspecified atom stereocenters. The van der Waals surface area contributed by atoms with Crippen molar-refractivity contribution < 1.29 is 10.2 Å². The summed E-state index contributed by atoms with van der Waals surface area (Å²) >= 11 is 4.93. The van der Waals surface area contributed by atoms with Crippen LogP contribution in [0.15, 0.2) is 18.3 Å². The predicted molar refractivity (Wildman–Crippen MR) is 67.4 cm³/mol. The summed E-state index contributed by atoms with van der Waals surface area (Å²) in [7, 11) is 0. The van der Waals surface area contributed by atoms with Crippen LogP contribution in [0.1, 0.15) is 11.3 Å². The minimum Gasteiger partial charge on any atom is -0.389 e. The minimum atomic E-state index is -0.681. The van der Waals surface area contributed by atoms with Crippen molar-refractivity contribution in [3.05, 3.63) is 29.6 Å². The van der Waals surface area contributed by atoms with Gasteiger partial charge in [-0.25, -0.2) is 0 Å². The lowest BCUT2D eigenvalue weighted by Gasteiger charge is -2.16. The zero-order chi connectivity index (χ0) is 12.4. The van der Waals surface area contributed by atoms with Gasteiger partial charge in [-0.15, -0.1) is 0 Å². The van der Waals surface area contributed by atoms with Gasteiger partial charge in [0.15, 0.2) is 0 Å². The molecular formula is C11H15N3O2S. The van der Waals surface area contributed by atoms with Crippen LogP contribution in [0.5, 0.6) is 0 Å². The third-order valence-electron chi connectivity index (χ3n) is 2.85. The third-order valence-corrected chi connectivity index (χ3v) is 3.05. The van der Waals surface area contributed by atoms with E-state index in [1.807, 2.05) is 17.0 Å². The molecule has 1 aromatic rings. The summed E-state index contributed by atoms with van der Waals surface area (Å²) in [6.07, 6.45) is 0.283. The molecule has 1 aromatic heterocycles. The molecule has 0 radical (unpaired) electrons. The number of nitrogens with two attached hydrogens (primary N) is 1. The van der Waals surface area contributed by atoms with Gasteiger partial charge in [-0.1, -0.05) is 18.3 Å². The lowest BCUT2D eigenvalue weighted by Crippen LogP contribution is -2.24. The summed E-state index contributed by atoms with van der Waals surface area (Å²) in [6, 6.07) is 3.72. The molecule has 0 amide bonds. The smallest absolute Gasteiger partial charge is 0.123 e. The Bertz CT molecular complexity index is 417. The topological polar surface area (TPSA) is 82.6 Å². The van der Waals surface area contributed by atoms with Crippen LogP contribution in [0.25, 0.3) is 0 Å². The van der Waals surface area contributed by atoms with Gasteiger partial charge in [0, 0.05) is 25.8 Å². The Hall–Kier alpha value is -1.08. The van der Waals surface area contributed by atoms with Crippen LogP contribution in [0.2, 0.25) is 0 Å². The number of thiocarbonyl (C=S) groups is 1. The van der Waals surface area contributed by atoms with Gasteiger partial charge < -0.3 is 15.9 Å². The fourth-order valence-electron chi connectivity index (χ4n) is 2.01. The fraction of sp³-hybridized carbons (Fsp3) is 0.455. The maximum atomic E-state index is 9.47. The molecule has 0 aliphatic carbocycles. The number of pyridine rings is 1. The second kappa shape index (κ2) is 5.05. The van der Waals surface area contributed by atoms with Crippen molar-refractivity contribution in [3.8, 4) is 0 Å². The lowest BCUT2D eigenvalue weighted by molar-refractivity contribution is 0.0572. The lowest BCUT2D eigenvalue weighted by atomic mass is 10.2. The predicted octanol–water partition coefficient (Wildman–Crippen LogP) is -0.747. The monoisotopic (exact) mass is 253 g/mol. The molecule has 0 spiro atoms. The highest BCUT2D eigenvalue weighted by molar-refractivity contribution is 7.80. The molecule has 0 saturated carbocycles. The molecule has 2 rings (SSSR count). The molecule has 1 fully saturated rings. The molecule has 6 heteroatoms. The van der Waals surface area contributed by atoms with E-state index in [0.29, 0.717) is 25.3 Å². The number of rotatable bonds is 3. The van der Waals surface area contributed by atoms with Gasteiger partial charge in [-0.2, -0.15) is 0 Å². The molecule has 2 atom stereocenters. The molecule has 1 aliphatic rings. The summed E-state index contributed by atoms with van der Waals surface area (Å²) in [4.78, 5) is 6.36. The number of aliphatic hydroxyl groups excluding tert-OH is 2. The van der Waals surface area contributed by atoms with Crippen LogP contribution >= 0.6 is 12.2 Å². The highest BCUT2D eigenvalue weighted by Gasteiger charge is 2.29. The van der Waals surface area contributed by atoms with Gasteiger partial charge in [-0.05, 0) is 11.6 Å². The summed E-state index contributed by atoms with van der Waals surface area (Å²) in [5, 5.41) is 18.9. The highest BCUT2D eigenvalue weighted by atomic mass is 32.1. The average molecular weight is 253 g/mol. The standard InChI is InChI=1S/C11H15N3O2S/c12-11(17)10-7(2-1-3-13-10)4-14-5-8(15)9(16)6-14/h1-3,8-9,15-16H,4-6H2,(H2,12,17). The van der Waals surface area contributed by atoms with E-state index in [4.69, 9.17) is 18.0 Å². The van der Waals surface area contributed by atoms with Gasteiger partial charge in [0.05, 0.1) is 12.2 Å². The van der Waals surface area contributed by atoms with E-state index in [1.165, 1.54) is 0 Å². The Labute approximate surface area is 105 Å². The molecule has 92 valence electrons. The maximum Gasteiger partial charge on any atom is 0.123 e. The SMILES string of the molecule is NC(=S)c1ncccc1CN1CC(O)C(O)C1. The summed E-state index contributed by atoms with van der Waals surface area (Å²) in [5.41, 5.74) is 7.12. The second-order valence-electron chi connectivity index (χ2n) is 4.20. The molecule has 1 saturated heterocycles. The van der Waals surface area contributed by atoms with Crippen LogP contribution in [0.3, 0.4) is 0 Å². The summed E-state index contributed by atoms with van der Waals surface area (Å²) in [6.45, 7) is 1.48. The molecule has 4 N–H and O–H groups in total. The molecule has 5 nitrogen and oxygen atoms in total. The van der Waals surface area contributed by atoms with Crippen molar-refractivity contribution in [1.82, 2.24) is 9.88 Å². The van der Waals surface area contributed by atoms with E-state index in [2.05, 4.69) is 4.98 Å². The number of aliphatic hydroxyl groups is 2. The van der Waals surface area contributed by atoms with E-state index in [9.17, 15) is 10.2 Å². The van der Waals surface area contributed by atoms with Crippen molar-refractivity contribution >= 4 is 17.2 Å². The van der Waals surface area contributed by atoms with E-state index in [0.717, 1.165) is 5.56 Å². The first-order chi connectivity index (χ1) is 8.08. The van der Waals surface area contributed by atoms with E-state index in [1.54, 1.807) is 6.20 Å². The summed E-state index contributed by atoms with van der Waals surface area (Å²) in [5.74, 6) is 0. The first-order valence-corrected chi connectivity index (χ1v) is 5.81. The number of hydrogen-bond donors (Lipinski definition) is 3. The van der Waals surface area contributed by atoms with E-state index in [-0.39, 0.29) is 4.99 Å². The highest BCUT2D eigenvalue weighted by Crippen LogP contribution is 2.15. The fourth-order valence-corrected chi connectivity index (χ4v) is 2.19. The van der Waals surface area contributed by atoms with Gasteiger partial charge >= 0.3 is 0 Å². The van der Waals surface area contributed by atoms with Gasteiger partial charge in [0.2, 0.25) is 0 Å². The average Bonchev–Trinajstić information content (AvgIpc) is 2.58. The van der Waals surface area contributed by atoms with Crippen LogP contribution < -0.4 is 5.73 Å². The van der Waals surface area contributed by atoms with Gasteiger partial charge in [0.25, 0.3) is 0 Å². The molecule has 0 aromatic carbocycles. The Kier molecular flexibility index (Phi) is 3.68. The first-order valence-electron chi connectivity index (χ1n) is 5.40. The molecule has 0 bridgehead atoms. The summed E-state index contributed by atoms with van der Waals surface area (Å²) < 4.78 is 0. The van der Waals surface area contributed by atoms with Crippen molar-refractivity contribution in [2.45, 2.75) is 18.8 Å². The van der Waals surface area contributed by atoms with Crippen molar-refractivity contribution in [2.24, 2.45) is 5.73 Å². The molecule has 2 heterocycles. The molecular weight excluding hydrogens is 238 g/mol. The zero-order valence-corrected chi connectivity index (χ0v) is 10.1. The third kappa shape index (κ3) is 2.78. The maximum absolute atomic E-state index is 9.47. The minimum absolute atomic E-state index is 0.265. The zero-order valence-electron chi connectivity index (χ0n) is 9.28. The molecule has 1 aliphatic heterocycles. The van der Waals surface area contributed by atoms with E-state index >= 15 is 0 Å². The van der Waals surface area contributed by atoms with Crippen molar-refractivity contribution in [1.29, 1.82) is 0 Å². The quantitative estimate of drug-likeness (QED) is 0.615. The first kappa shape index (κ1) is 12.4. The normalized spacial score (nSPS) is 25.1. The molecule has 17 heavy (non-hydrogen) atoms. The van der Waals surface area contributed by atoms with Gasteiger partial charge in [0.1, 0.15) is 10.7 Å². The van der Waals surface area contributed by atoms with Crippen LogP contribution in [0.4, 0.5) is 0 Å². The van der Waals surface area contributed by atoms with Gasteiger partial charge in [-0.3, -0.25) is 9.88 Å². The Morgan fingerprint density at radius 2 is 2.12 bits per heavy atom. The number of β-amino-alcohol motifs (C(OH)–C–C–N with tert-alkyl or cyclic N) is 2. The van der Waals surface area contributed by atoms with E-state index < -0.39 is 12.2 Å². The number of likely N-dealkylation sites (tertiary alicyclic amines) is 1. The van der Waals surface area contributed by atoms with Crippen molar-refractivity contribution in [2.75, 3.05) is 13.1 Å². The largest absolute Gasteiger partial charge is 0.389 e. The number of nitrogens with zero attached hydrogens (tertiary/aromatic N) is 2. The number of hydrogen-bond acceptors (Lipinski definition) is 5. The Morgan fingerprint density at radius 1 is 1.47 bits per heavy atom. The van der Waals surface area contributed by atoms with Crippen LogP contribution in [-0.2, 0) is 6.54 Å². The Balaban J connectivity index is 2.11. The Morgan fingerprint density at radius 3 is 2.71 bits per heavy atom. The van der Waals surface area contributed by atoms with Crippen LogP contribution in [0, 0.1) is 0 Å². The van der Waals surface area contributed by atoms with Crippen LogP contribution in [-0.4, -0.2) is 50.4 Å². The second-order valence-corrected chi connectivity index (χ2v) is 4.64. The number of aromatic nitrogens is 1.